The molecule has 0 saturated carbocycles. The smallest absolute Gasteiger partial charge is 0.0540 e. The van der Waals surface area contributed by atoms with Gasteiger partial charge in [0, 0.05) is 16.9 Å². The van der Waals surface area contributed by atoms with Crippen LogP contribution in [0.25, 0.3) is 66.4 Å². The summed E-state index contributed by atoms with van der Waals surface area (Å²) in [5.74, 6) is 0. The molecule has 0 atom stereocenters. The van der Waals surface area contributed by atoms with Gasteiger partial charge < -0.3 is 4.90 Å². The van der Waals surface area contributed by atoms with E-state index < -0.39 is 0 Å². The lowest BCUT2D eigenvalue weighted by atomic mass is 9.90. The van der Waals surface area contributed by atoms with Gasteiger partial charge in [-0.2, -0.15) is 0 Å². The molecule has 0 radical (unpaired) electrons. The van der Waals surface area contributed by atoms with Gasteiger partial charge in [0.2, 0.25) is 0 Å². The van der Waals surface area contributed by atoms with Crippen LogP contribution in [0.1, 0.15) is 0 Å². The molecule has 0 aliphatic rings. The van der Waals surface area contributed by atoms with Crippen LogP contribution >= 0.6 is 0 Å². The Morgan fingerprint density at radius 3 is 1.36 bits per heavy atom. The highest BCUT2D eigenvalue weighted by Gasteiger charge is 2.20. The number of anilines is 3. The molecule has 0 amide bonds. The number of benzene rings is 9. The average Bonchev–Trinajstić information content (AvgIpc) is 3.25. The summed E-state index contributed by atoms with van der Waals surface area (Å²) in [7, 11) is 0. The van der Waals surface area contributed by atoms with E-state index in [-0.39, 0.29) is 0 Å². The van der Waals surface area contributed by atoms with Crippen LogP contribution in [0.5, 0.6) is 0 Å². The average molecular weight is 676 g/mol. The lowest BCUT2D eigenvalue weighted by Crippen LogP contribution is -2.11. The highest BCUT2D eigenvalue weighted by atomic mass is 15.1. The molecule has 0 spiro atoms. The van der Waals surface area contributed by atoms with Crippen LogP contribution in [0.2, 0.25) is 0 Å². The fourth-order valence-corrected chi connectivity index (χ4v) is 7.58. The van der Waals surface area contributed by atoms with Crippen molar-refractivity contribution in [2.75, 3.05) is 4.90 Å². The molecule has 1 nitrogen and oxygen atoms in total. The summed E-state index contributed by atoms with van der Waals surface area (Å²) in [6.45, 7) is 0. The molecular formula is C52H37N. The van der Waals surface area contributed by atoms with Crippen molar-refractivity contribution in [1.82, 2.24) is 0 Å². The zero-order chi connectivity index (χ0) is 35.4. The molecule has 0 aromatic heterocycles. The van der Waals surface area contributed by atoms with E-state index in [1.807, 2.05) is 0 Å². The lowest BCUT2D eigenvalue weighted by Gasteiger charge is -2.28. The summed E-state index contributed by atoms with van der Waals surface area (Å²) in [6.07, 6.45) is 0. The van der Waals surface area contributed by atoms with Gasteiger partial charge in [0.25, 0.3) is 0 Å². The summed E-state index contributed by atoms with van der Waals surface area (Å²) in [6, 6.07) is 80.7. The highest BCUT2D eigenvalue weighted by molar-refractivity contribution is 6.08. The number of hydrogen-bond acceptors (Lipinski definition) is 1. The first kappa shape index (κ1) is 32.0. The van der Waals surface area contributed by atoms with E-state index >= 15 is 0 Å². The molecule has 0 heterocycles. The van der Waals surface area contributed by atoms with E-state index in [9.17, 15) is 0 Å². The third-order valence-electron chi connectivity index (χ3n) is 10.1. The van der Waals surface area contributed by atoms with Crippen LogP contribution in [0.3, 0.4) is 0 Å². The van der Waals surface area contributed by atoms with E-state index in [4.69, 9.17) is 0 Å². The summed E-state index contributed by atoms with van der Waals surface area (Å²) < 4.78 is 0. The highest BCUT2D eigenvalue weighted by Crippen LogP contribution is 2.45. The molecule has 9 rings (SSSR count). The summed E-state index contributed by atoms with van der Waals surface area (Å²) in [4.78, 5) is 2.39. The third-order valence-corrected chi connectivity index (χ3v) is 10.1. The van der Waals surface area contributed by atoms with Crippen molar-refractivity contribution in [2.24, 2.45) is 0 Å². The standard InChI is InChI=1S/C52H37N/c1-5-17-39(18-6-1)46-36-33-43(37-50(46)41-21-9-3-10-22-41)38-31-34-45(35-32-38)53(44-25-11-4-12-26-44)51-30-14-13-27-48(51)49-29-16-24-42-23-15-28-47(52(42)49)40-19-7-2-8-20-40/h1-37H. The quantitative estimate of drug-likeness (QED) is 0.155. The fraction of sp³-hybridized carbons (Fsp3) is 0. The first-order chi connectivity index (χ1) is 26.3. The molecule has 0 fully saturated rings. The van der Waals surface area contributed by atoms with Gasteiger partial charge in [-0.15, -0.1) is 0 Å². The molecule has 0 aliphatic heterocycles. The van der Waals surface area contributed by atoms with Crippen molar-refractivity contribution in [3.8, 4) is 55.6 Å². The van der Waals surface area contributed by atoms with Gasteiger partial charge in [0.05, 0.1) is 5.69 Å². The number of nitrogens with zero attached hydrogens (tertiary/aromatic N) is 1. The molecular weight excluding hydrogens is 639 g/mol. The molecule has 53 heavy (non-hydrogen) atoms. The van der Waals surface area contributed by atoms with E-state index in [1.165, 1.54) is 66.4 Å². The maximum atomic E-state index is 2.39. The molecule has 0 saturated heterocycles. The van der Waals surface area contributed by atoms with E-state index in [1.54, 1.807) is 0 Å². The third kappa shape index (κ3) is 6.30. The molecule has 0 aliphatic carbocycles. The second kappa shape index (κ2) is 14.3. The SMILES string of the molecule is c1ccc(-c2ccc(-c3ccc(N(c4ccccc4)c4ccccc4-c4cccc5cccc(-c6ccccc6)c45)cc3)cc2-c2ccccc2)cc1. The molecule has 1 heteroatoms. The number of rotatable bonds is 8. The van der Waals surface area contributed by atoms with Gasteiger partial charge >= 0.3 is 0 Å². The van der Waals surface area contributed by atoms with E-state index in [0.29, 0.717) is 0 Å². The summed E-state index contributed by atoms with van der Waals surface area (Å²) in [5, 5.41) is 2.48. The predicted octanol–water partition coefficient (Wildman–Crippen LogP) is 14.6. The zero-order valence-corrected chi connectivity index (χ0v) is 29.3. The maximum Gasteiger partial charge on any atom is 0.0540 e. The van der Waals surface area contributed by atoms with E-state index in [2.05, 4.69) is 229 Å². The Bertz CT molecular complexity index is 2620. The summed E-state index contributed by atoms with van der Waals surface area (Å²) >= 11 is 0. The topological polar surface area (TPSA) is 3.24 Å². The van der Waals surface area contributed by atoms with Gasteiger partial charge in [-0.25, -0.2) is 0 Å². The molecule has 0 bridgehead atoms. The monoisotopic (exact) mass is 675 g/mol. The van der Waals surface area contributed by atoms with Gasteiger partial charge in [-0.3, -0.25) is 0 Å². The van der Waals surface area contributed by atoms with Crippen LogP contribution in [-0.2, 0) is 0 Å². The number of hydrogen-bond donors (Lipinski definition) is 0. The van der Waals surface area contributed by atoms with Crippen LogP contribution < -0.4 is 4.90 Å². The maximum absolute atomic E-state index is 2.39. The molecule has 250 valence electrons. The molecule has 9 aromatic rings. The molecule has 0 N–H and O–H groups in total. The Labute approximate surface area is 311 Å². The van der Waals surface area contributed by atoms with Crippen molar-refractivity contribution in [2.45, 2.75) is 0 Å². The lowest BCUT2D eigenvalue weighted by molar-refractivity contribution is 1.28. The molecule has 9 aromatic carbocycles. The Balaban J connectivity index is 1.17. The summed E-state index contributed by atoms with van der Waals surface area (Å²) in [5.41, 5.74) is 15.4. The normalized spacial score (nSPS) is 11.0. The van der Waals surface area contributed by atoms with Crippen molar-refractivity contribution in [3.63, 3.8) is 0 Å². The van der Waals surface area contributed by atoms with Crippen molar-refractivity contribution >= 4 is 27.8 Å². The Hall–Kier alpha value is -6.96. The largest absolute Gasteiger partial charge is 0.310 e. The Morgan fingerprint density at radius 2 is 0.717 bits per heavy atom. The number of fused-ring (bicyclic) bond motifs is 1. The second-order valence-corrected chi connectivity index (χ2v) is 13.3. The fourth-order valence-electron chi connectivity index (χ4n) is 7.58. The Morgan fingerprint density at radius 1 is 0.245 bits per heavy atom. The predicted molar refractivity (Wildman–Crippen MR) is 226 cm³/mol. The number of para-hydroxylation sites is 2. The first-order valence-corrected chi connectivity index (χ1v) is 18.2. The van der Waals surface area contributed by atoms with Crippen LogP contribution in [0.15, 0.2) is 224 Å². The minimum Gasteiger partial charge on any atom is -0.310 e. The zero-order valence-electron chi connectivity index (χ0n) is 29.3. The van der Waals surface area contributed by atoms with Crippen LogP contribution in [-0.4, -0.2) is 0 Å². The van der Waals surface area contributed by atoms with Gasteiger partial charge in [-0.05, 0) is 97.2 Å². The van der Waals surface area contributed by atoms with Crippen molar-refractivity contribution in [1.29, 1.82) is 0 Å². The minimum atomic E-state index is 1.10. The van der Waals surface area contributed by atoms with Gasteiger partial charge in [-0.1, -0.05) is 188 Å². The van der Waals surface area contributed by atoms with Gasteiger partial charge in [0.15, 0.2) is 0 Å². The second-order valence-electron chi connectivity index (χ2n) is 13.3. The minimum absolute atomic E-state index is 1.10. The van der Waals surface area contributed by atoms with E-state index in [0.717, 1.165) is 17.1 Å². The van der Waals surface area contributed by atoms with Gasteiger partial charge in [0.1, 0.15) is 0 Å². The Kier molecular flexibility index (Phi) is 8.66. The van der Waals surface area contributed by atoms with Crippen molar-refractivity contribution in [3.05, 3.63) is 224 Å². The van der Waals surface area contributed by atoms with Crippen molar-refractivity contribution < 1.29 is 0 Å². The van der Waals surface area contributed by atoms with Crippen LogP contribution in [0, 0.1) is 0 Å². The van der Waals surface area contributed by atoms with Crippen LogP contribution in [0.4, 0.5) is 17.1 Å². The first-order valence-electron chi connectivity index (χ1n) is 18.2. The molecule has 0 unspecified atom stereocenters.